The van der Waals surface area contributed by atoms with Crippen LogP contribution in [0.2, 0.25) is 5.02 Å². The highest BCUT2D eigenvalue weighted by atomic mass is 35.5. The van der Waals surface area contributed by atoms with Crippen molar-refractivity contribution in [3.8, 4) is 0 Å². The lowest BCUT2D eigenvalue weighted by Gasteiger charge is -2.16. The number of anilines is 1. The van der Waals surface area contributed by atoms with Gasteiger partial charge in [-0.25, -0.2) is 0 Å². The zero-order chi connectivity index (χ0) is 12.6. The lowest BCUT2D eigenvalue weighted by atomic mass is 10.0. The second-order valence-electron chi connectivity index (χ2n) is 4.94. The Kier molecular flexibility index (Phi) is 3.29. The van der Waals surface area contributed by atoms with Crippen molar-refractivity contribution in [1.29, 1.82) is 0 Å². The van der Waals surface area contributed by atoms with E-state index < -0.39 is 0 Å². The Bertz CT molecular complexity index is 417. The van der Waals surface area contributed by atoms with E-state index in [9.17, 15) is 4.79 Å². The monoisotopic (exact) mass is 252 g/mol. The van der Waals surface area contributed by atoms with Crippen molar-refractivity contribution in [2.24, 2.45) is 11.8 Å². The summed E-state index contributed by atoms with van der Waals surface area (Å²) < 4.78 is 0. The highest BCUT2D eigenvalue weighted by Crippen LogP contribution is 2.25. The van der Waals surface area contributed by atoms with E-state index in [0.29, 0.717) is 28.1 Å². The summed E-state index contributed by atoms with van der Waals surface area (Å²) in [7, 11) is 0. The molecule has 1 aromatic rings. The van der Waals surface area contributed by atoms with Crippen LogP contribution in [0.3, 0.4) is 0 Å². The number of carbonyl (C=O) groups excluding carboxylic acids is 1. The Labute approximate surface area is 107 Å². The normalized spacial score (nSPS) is 24.1. The molecule has 1 heterocycles. The zero-order valence-corrected chi connectivity index (χ0v) is 10.9. The molecule has 1 fully saturated rings. The van der Waals surface area contributed by atoms with Crippen LogP contribution in [0.5, 0.6) is 0 Å². The van der Waals surface area contributed by atoms with Crippen molar-refractivity contribution in [2.75, 3.05) is 18.8 Å². The van der Waals surface area contributed by atoms with Gasteiger partial charge in [0.25, 0.3) is 5.91 Å². The van der Waals surface area contributed by atoms with E-state index in [-0.39, 0.29) is 5.91 Å². The van der Waals surface area contributed by atoms with Crippen LogP contribution in [-0.2, 0) is 0 Å². The van der Waals surface area contributed by atoms with Crippen LogP contribution in [0, 0.1) is 11.8 Å². The van der Waals surface area contributed by atoms with Gasteiger partial charge in [0.15, 0.2) is 0 Å². The number of likely N-dealkylation sites (tertiary alicyclic amines) is 1. The van der Waals surface area contributed by atoms with Crippen LogP contribution < -0.4 is 5.73 Å². The van der Waals surface area contributed by atoms with Crippen molar-refractivity contribution < 1.29 is 4.79 Å². The van der Waals surface area contributed by atoms with Crippen molar-refractivity contribution in [1.82, 2.24) is 4.90 Å². The van der Waals surface area contributed by atoms with Crippen molar-refractivity contribution >= 4 is 23.2 Å². The van der Waals surface area contributed by atoms with Crippen LogP contribution in [0.25, 0.3) is 0 Å². The third kappa shape index (κ3) is 2.55. The standard InChI is InChI=1S/C13H17ClN2O/c1-8-6-16(7-9(8)2)13(17)10-3-11(14)5-12(15)4-10/h3-5,8-9H,6-7,15H2,1-2H3. The Morgan fingerprint density at radius 3 is 2.41 bits per heavy atom. The smallest absolute Gasteiger partial charge is 0.253 e. The Morgan fingerprint density at radius 1 is 1.29 bits per heavy atom. The first kappa shape index (κ1) is 12.2. The third-order valence-electron chi connectivity index (χ3n) is 3.44. The maximum atomic E-state index is 12.3. The van der Waals surface area contributed by atoms with Gasteiger partial charge in [-0.15, -0.1) is 0 Å². The molecular weight excluding hydrogens is 236 g/mol. The summed E-state index contributed by atoms with van der Waals surface area (Å²) in [5.74, 6) is 1.13. The fraction of sp³-hybridized carbons (Fsp3) is 0.462. The van der Waals surface area contributed by atoms with Gasteiger partial charge in [0.2, 0.25) is 0 Å². The topological polar surface area (TPSA) is 46.3 Å². The number of benzene rings is 1. The number of halogens is 1. The van der Waals surface area contributed by atoms with Crippen LogP contribution in [0.4, 0.5) is 5.69 Å². The predicted molar refractivity (Wildman–Crippen MR) is 70.1 cm³/mol. The number of hydrogen-bond acceptors (Lipinski definition) is 2. The summed E-state index contributed by atoms with van der Waals surface area (Å²) in [5, 5.41) is 0.508. The maximum Gasteiger partial charge on any atom is 0.253 e. The van der Waals surface area contributed by atoms with E-state index in [1.54, 1.807) is 18.2 Å². The minimum absolute atomic E-state index is 0.0235. The molecule has 0 radical (unpaired) electrons. The molecule has 4 heteroatoms. The molecular formula is C13H17ClN2O. The van der Waals surface area contributed by atoms with Crippen LogP contribution in [0.15, 0.2) is 18.2 Å². The highest BCUT2D eigenvalue weighted by molar-refractivity contribution is 6.31. The molecule has 1 aliphatic heterocycles. The molecule has 0 bridgehead atoms. The second-order valence-corrected chi connectivity index (χ2v) is 5.37. The average molecular weight is 253 g/mol. The van der Waals surface area contributed by atoms with Gasteiger partial charge in [-0.2, -0.15) is 0 Å². The average Bonchev–Trinajstić information content (AvgIpc) is 2.57. The van der Waals surface area contributed by atoms with E-state index >= 15 is 0 Å². The number of nitrogens with zero attached hydrogens (tertiary/aromatic N) is 1. The molecule has 2 rings (SSSR count). The number of hydrogen-bond donors (Lipinski definition) is 1. The summed E-state index contributed by atoms with van der Waals surface area (Å²) >= 11 is 5.91. The van der Waals surface area contributed by atoms with Gasteiger partial charge >= 0.3 is 0 Å². The first-order valence-corrected chi connectivity index (χ1v) is 6.20. The lowest BCUT2D eigenvalue weighted by molar-refractivity contribution is 0.0785. The minimum Gasteiger partial charge on any atom is -0.399 e. The Morgan fingerprint density at radius 2 is 1.88 bits per heavy atom. The maximum absolute atomic E-state index is 12.3. The quantitative estimate of drug-likeness (QED) is 0.781. The van der Waals surface area contributed by atoms with Crippen molar-refractivity contribution in [2.45, 2.75) is 13.8 Å². The number of rotatable bonds is 1. The third-order valence-corrected chi connectivity index (χ3v) is 3.66. The van der Waals surface area contributed by atoms with E-state index in [0.717, 1.165) is 13.1 Å². The molecule has 2 unspecified atom stereocenters. The summed E-state index contributed by atoms with van der Waals surface area (Å²) in [4.78, 5) is 14.1. The predicted octanol–water partition coefficient (Wildman–Crippen LogP) is 2.65. The molecule has 0 aliphatic carbocycles. The highest BCUT2D eigenvalue weighted by Gasteiger charge is 2.29. The first-order chi connectivity index (χ1) is 7.97. The zero-order valence-electron chi connectivity index (χ0n) is 10.1. The lowest BCUT2D eigenvalue weighted by Crippen LogP contribution is -2.28. The summed E-state index contributed by atoms with van der Waals surface area (Å²) in [6.07, 6.45) is 0. The molecule has 17 heavy (non-hydrogen) atoms. The van der Waals surface area contributed by atoms with Gasteiger partial charge in [-0.3, -0.25) is 4.79 Å². The van der Waals surface area contributed by atoms with Gasteiger partial charge in [0.1, 0.15) is 0 Å². The molecule has 0 aromatic heterocycles. The number of carbonyl (C=O) groups is 1. The fourth-order valence-corrected chi connectivity index (χ4v) is 2.46. The largest absolute Gasteiger partial charge is 0.399 e. The second kappa shape index (κ2) is 4.57. The van der Waals surface area contributed by atoms with Gasteiger partial charge in [-0.1, -0.05) is 25.4 Å². The first-order valence-electron chi connectivity index (χ1n) is 5.82. The van der Waals surface area contributed by atoms with Gasteiger partial charge in [0, 0.05) is 29.4 Å². The van der Waals surface area contributed by atoms with Crippen LogP contribution >= 0.6 is 11.6 Å². The van der Waals surface area contributed by atoms with E-state index in [2.05, 4.69) is 13.8 Å². The molecule has 1 aliphatic rings. The summed E-state index contributed by atoms with van der Waals surface area (Å²) in [6.45, 7) is 5.97. The molecule has 2 atom stereocenters. The number of nitrogen functional groups attached to an aromatic ring is 1. The van der Waals surface area contributed by atoms with Crippen molar-refractivity contribution in [3.63, 3.8) is 0 Å². The number of amides is 1. The minimum atomic E-state index is 0.0235. The summed E-state index contributed by atoms with van der Waals surface area (Å²) in [5.41, 5.74) is 6.80. The number of nitrogens with two attached hydrogens (primary N) is 1. The molecule has 1 aromatic carbocycles. The molecule has 1 amide bonds. The molecule has 0 spiro atoms. The van der Waals surface area contributed by atoms with Gasteiger partial charge < -0.3 is 10.6 Å². The van der Waals surface area contributed by atoms with Crippen molar-refractivity contribution in [3.05, 3.63) is 28.8 Å². The van der Waals surface area contributed by atoms with E-state index in [1.807, 2.05) is 4.90 Å². The Balaban J connectivity index is 2.20. The fourth-order valence-electron chi connectivity index (χ4n) is 2.21. The van der Waals surface area contributed by atoms with E-state index in [1.165, 1.54) is 0 Å². The molecule has 1 saturated heterocycles. The molecule has 0 saturated carbocycles. The van der Waals surface area contributed by atoms with Crippen LogP contribution in [0.1, 0.15) is 24.2 Å². The van der Waals surface area contributed by atoms with Crippen LogP contribution in [-0.4, -0.2) is 23.9 Å². The molecule has 3 nitrogen and oxygen atoms in total. The van der Waals surface area contributed by atoms with E-state index in [4.69, 9.17) is 17.3 Å². The SMILES string of the molecule is CC1CN(C(=O)c2cc(N)cc(Cl)c2)CC1C. The van der Waals surface area contributed by atoms with Gasteiger partial charge in [-0.05, 0) is 30.0 Å². The Hall–Kier alpha value is -1.22. The molecule has 92 valence electrons. The van der Waals surface area contributed by atoms with Gasteiger partial charge in [0.05, 0.1) is 0 Å². The summed E-state index contributed by atoms with van der Waals surface area (Å²) in [6, 6.07) is 5.00. The molecule has 2 N–H and O–H groups in total.